The zero-order valence-corrected chi connectivity index (χ0v) is 9.95. The van der Waals surface area contributed by atoms with Crippen LogP contribution in [0.1, 0.15) is 24.3 Å². The maximum Gasteiger partial charge on any atom is 0.157 e. The van der Waals surface area contributed by atoms with Crippen molar-refractivity contribution in [2.24, 2.45) is 5.92 Å². The fourth-order valence-electron chi connectivity index (χ4n) is 3.30. The predicted molar refractivity (Wildman–Crippen MR) is 63.6 cm³/mol. The van der Waals surface area contributed by atoms with Crippen LogP contribution in [0.2, 0.25) is 0 Å². The Kier molecular flexibility index (Phi) is 2.90. The molecule has 1 heterocycles. The van der Waals surface area contributed by atoms with Gasteiger partial charge in [-0.1, -0.05) is 30.3 Å². The second-order valence-electron chi connectivity index (χ2n) is 4.98. The first-order valence-corrected chi connectivity index (χ1v) is 6.21. The largest absolute Gasteiger partial charge is 0.392 e. The monoisotopic (exact) mass is 234 g/mol. The maximum absolute atomic E-state index is 10.2. The van der Waals surface area contributed by atoms with Crippen molar-refractivity contribution in [3.05, 3.63) is 35.9 Å². The van der Waals surface area contributed by atoms with Gasteiger partial charge >= 0.3 is 0 Å². The lowest BCUT2D eigenvalue weighted by atomic mass is 9.86. The molecular formula is C14H18O3. The minimum absolute atomic E-state index is 0.0938. The molecule has 0 amide bonds. The number of benzene rings is 1. The molecule has 3 rings (SSSR count). The molecular weight excluding hydrogens is 216 g/mol. The summed E-state index contributed by atoms with van der Waals surface area (Å²) in [5, 5.41) is 10.2. The third kappa shape index (κ3) is 1.88. The van der Waals surface area contributed by atoms with Crippen molar-refractivity contribution in [1.82, 2.24) is 0 Å². The number of methoxy groups -OCH3 is 1. The quantitative estimate of drug-likeness (QED) is 0.849. The Bertz CT molecular complexity index is 378. The summed E-state index contributed by atoms with van der Waals surface area (Å²) in [6, 6.07) is 10.2. The van der Waals surface area contributed by atoms with Gasteiger partial charge in [0.1, 0.15) is 0 Å². The molecule has 3 nitrogen and oxygen atoms in total. The summed E-state index contributed by atoms with van der Waals surface area (Å²) in [6.45, 7) is 0. The van der Waals surface area contributed by atoms with E-state index in [1.54, 1.807) is 7.11 Å². The Morgan fingerprint density at radius 3 is 2.71 bits per heavy atom. The number of ether oxygens (including phenoxy) is 2. The van der Waals surface area contributed by atoms with E-state index in [1.807, 2.05) is 18.2 Å². The third-order valence-electron chi connectivity index (χ3n) is 4.07. The van der Waals surface area contributed by atoms with Gasteiger partial charge in [0.15, 0.2) is 6.29 Å². The van der Waals surface area contributed by atoms with Gasteiger partial charge in [0, 0.05) is 25.9 Å². The molecule has 5 atom stereocenters. The molecule has 0 aromatic heterocycles. The molecule has 92 valence electrons. The van der Waals surface area contributed by atoms with Gasteiger partial charge in [-0.05, 0) is 11.5 Å². The van der Waals surface area contributed by atoms with Crippen molar-refractivity contribution < 1.29 is 14.6 Å². The molecule has 0 bridgehead atoms. The summed E-state index contributed by atoms with van der Waals surface area (Å²) in [6.07, 6.45) is 1.39. The number of hydrogen-bond donors (Lipinski definition) is 1. The van der Waals surface area contributed by atoms with E-state index in [0.717, 1.165) is 12.8 Å². The van der Waals surface area contributed by atoms with Gasteiger partial charge in [-0.2, -0.15) is 0 Å². The SMILES string of the molecule is CO[C@H]1C[C@@H]2[C@@H](c3ccccc3)[C@H](O)C[C@@H]2O1. The van der Waals surface area contributed by atoms with E-state index in [2.05, 4.69) is 12.1 Å². The van der Waals surface area contributed by atoms with Crippen LogP contribution in [-0.2, 0) is 9.47 Å². The number of rotatable bonds is 2. The van der Waals surface area contributed by atoms with Crippen molar-refractivity contribution in [3.8, 4) is 0 Å². The zero-order chi connectivity index (χ0) is 11.8. The van der Waals surface area contributed by atoms with E-state index in [9.17, 15) is 5.11 Å². The standard InChI is InChI=1S/C14H18O3/c1-16-13-7-10-12(17-13)8-11(15)14(10)9-5-3-2-4-6-9/h2-6,10-15H,7-8H2,1H3/t10-,11+,12-,13+,14+/m0/s1. The number of aliphatic hydroxyl groups is 1. The lowest BCUT2D eigenvalue weighted by molar-refractivity contribution is -0.118. The zero-order valence-electron chi connectivity index (χ0n) is 9.95. The molecule has 1 saturated carbocycles. The molecule has 0 spiro atoms. The van der Waals surface area contributed by atoms with Gasteiger partial charge in [0.2, 0.25) is 0 Å². The average Bonchev–Trinajstić information content (AvgIpc) is 2.86. The fourth-order valence-corrected chi connectivity index (χ4v) is 3.30. The first kappa shape index (κ1) is 11.2. The van der Waals surface area contributed by atoms with Crippen LogP contribution < -0.4 is 0 Å². The number of hydrogen-bond acceptors (Lipinski definition) is 3. The van der Waals surface area contributed by atoms with Crippen molar-refractivity contribution in [3.63, 3.8) is 0 Å². The molecule has 1 aromatic rings. The van der Waals surface area contributed by atoms with Gasteiger partial charge < -0.3 is 14.6 Å². The van der Waals surface area contributed by atoms with Gasteiger partial charge in [0.05, 0.1) is 12.2 Å². The van der Waals surface area contributed by atoms with Crippen molar-refractivity contribution in [1.29, 1.82) is 0 Å². The second-order valence-corrected chi connectivity index (χ2v) is 4.98. The van der Waals surface area contributed by atoms with E-state index < -0.39 is 0 Å². The molecule has 3 heteroatoms. The van der Waals surface area contributed by atoms with E-state index in [4.69, 9.17) is 9.47 Å². The minimum atomic E-state index is -0.287. The van der Waals surface area contributed by atoms with E-state index >= 15 is 0 Å². The molecule has 17 heavy (non-hydrogen) atoms. The van der Waals surface area contributed by atoms with Crippen LogP contribution in [0.3, 0.4) is 0 Å². The van der Waals surface area contributed by atoms with Crippen LogP contribution in [0.5, 0.6) is 0 Å². The summed E-state index contributed by atoms with van der Waals surface area (Å²) < 4.78 is 11.0. The van der Waals surface area contributed by atoms with E-state index in [-0.39, 0.29) is 24.4 Å². The first-order valence-electron chi connectivity index (χ1n) is 6.21. The van der Waals surface area contributed by atoms with Crippen molar-refractivity contribution >= 4 is 0 Å². The molecule has 1 aliphatic carbocycles. The van der Waals surface area contributed by atoms with Crippen LogP contribution >= 0.6 is 0 Å². The third-order valence-corrected chi connectivity index (χ3v) is 4.07. The van der Waals surface area contributed by atoms with Gasteiger partial charge in [-0.15, -0.1) is 0 Å². The maximum atomic E-state index is 10.2. The Hall–Kier alpha value is -0.900. The molecule has 1 aliphatic heterocycles. The fraction of sp³-hybridized carbons (Fsp3) is 0.571. The molecule has 1 N–H and O–H groups in total. The normalized spacial score (nSPS) is 40.5. The second kappa shape index (κ2) is 4.41. The van der Waals surface area contributed by atoms with Crippen LogP contribution in [-0.4, -0.2) is 30.7 Å². The van der Waals surface area contributed by atoms with Gasteiger partial charge in [0.25, 0.3) is 0 Å². The highest BCUT2D eigenvalue weighted by Crippen LogP contribution is 2.48. The minimum Gasteiger partial charge on any atom is -0.392 e. The van der Waals surface area contributed by atoms with Crippen LogP contribution in [0.15, 0.2) is 30.3 Å². The average molecular weight is 234 g/mol. The Balaban J connectivity index is 1.85. The first-order chi connectivity index (χ1) is 8.29. The number of fused-ring (bicyclic) bond motifs is 1. The lowest BCUT2D eigenvalue weighted by Gasteiger charge is -2.20. The number of aliphatic hydroxyl groups excluding tert-OH is 1. The molecule has 1 aromatic carbocycles. The van der Waals surface area contributed by atoms with Crippen molar-refractivity contribution in [2.75, 3.05) is 7.11 Å². The van der Waals surface area contributed by atoms with E-state index in [0.29, 0.717) is 5.92 Å². The van der Waals surface area contributed by atoms with Crippen molar-refractivity contribution in [2.45, 2.75) is 37.3 Å². The summed E-state index contributed by atoms with van der Waals surface area (Å²) in [4.78, 5) is 0. The predicted octanol–water partition coefficient (Wildman–Crippen LogP) is 1.91. The van der Waals surface area contributed by atoms with E-state index in [1.165, 1.54) is 5.56 Å². The topological polar surface area (TPSA) is 38.7 Å². The smallest absolute Gasteiger partial charge is 0.157 e. The highest BCUT2D eigenvalue weighted by molar-refractivity contribution is 5.24. The molecule has 0 unspecified atom stereocenters. The van der Waals surface area contributed by atoms with Crippen LogP contribution in [0.4, 0.5) is 0 Å². The molecule has 2 fully saturated rings. The Morgan fingerprint density at radius 1 is 1.24 bits per heavy atom. The summed E-state index contributed by atoms with van der Waals surface area (Å²) in [5.41, 5.74) is 1.22. The van der Waals surface area contributed by atoms with Crippen LogP contribution in [0, 0.1) is 5.92 Å². The van der Waals surface area contributed by atoms with Crippen LogP contribution in [0.25, 0.3) is 0 Å². The summed E-state index contributed by atoms with van der Waals surface area (Å²) in [5.74, 6) is 0.582. The highest BCUT2D eigenvalue weighted by Gasteiger charge is 2.49. The van der Waals surface area contributed by atoms with Gasteiger partial charge in [-0.3, -0.25) is 0 Å². The highest BCUT2D eigenvalue weighted by atomic mass is 16.7. The Morgan fingerprint density at radius 2 is 2.00 bits per heavy atom. The molecule has 0 radical (unpaired) electrons. The lowest BCUT2D eigenvalue weighted by Crippen LogP contribution is -2.19. The summed E-state index contributed by atoms with van der Waals surface area (Å²) >= 11 is 0. The van der Waals surface area contributed by atoms with Gasteiger partial charge in [-0.25, -0.2) is 0 Å². The molecule has 2 aliphatic rings. The Labute approximate surface area is 101 Å². The summed E-state index contributed by atoms with van der Waals surface area (Å²) in [7, 11) is 1.68. The molecule has 1 saturated heterocycles.